The molecular formula is C18H17N3O2. The first-order valence-corrected chi connectivity index (χ1v) is 7.95. The van der Waals surface area contributed by atoms with Gasteiger partial charge in [0, 0.05) is 28.1 Å². The molecule has 2 aliphatic carbocycles. The third-order valence-electron chi connectivity index (χ3n) is 5.59. The van der Waals surface area contributed by atoms with E-state index in [1.54, 1.807) is 30.5 Å². The number of amides is 1. The highest BCUT2D eigenvalue weighted by Gasteiger charge is 2.72. The molecule has 5 nitrogen and oxygen atoms in total. The first kappa shape index (κ1) is 14.0. The SMILES string of the molecule is N#CC1(C(=O)Nc2cccc3c(=O)[nH]ccc23)CC12CCCC2. The third-order valence-corrected chi connectivity index (χ3v) is 5.59. The zero-order valence-corrected chi connectivity index (χ0v) is 12.7. The smallest absolute Gasteiger partial charge is 0.255 e. The van der Waals surface area contributed by atoms with Crippen molar-refractivity contribution in [2.75, 3.05) is 5.32 Å². The molecule has 0 saturated heterocycles. The number of hydrogen-bond donors (Lipinski definition) is 2. The molecule has 1 spiro atoms. The minimum atomic E-state index is -0.896. The van der Waals surface area contributed by atoms with Crippen molar-refractivity contribution in [1.29, 1.82) is 5.26 Å². The van der Waals surface area contributed by atoms with E-state index in [1.807, 2.05) is 0 Å². The number of H-pyrrole nitrogens is 1. The number of pyridine rings is 1. The largest absolute Gasteiger partial charge is 0.329 e. The second kappa shape index (κ2) is 4.69. The molecular weight excluding hydrogens is 290 g/mol. The van der Waals surface area contributed by atoms with Crippen molar-refractivity contribution in [2.45, 2.75) is 32.1 Å². The van der Waals surface area contributed by atoms with Gasteiger partial charge in [-0.15, -0.1) is 0 Å². The molecule has 1 amide bonds. The Morgan fingerprint density at radius 3 is 2.74 bits per heavy atom. The molecule has 0 radical (unpaired) electrons. The van der Waals surface area contributed by atoms with E-state index in [4.69, 9.17) is 0 Å². The molecule has 2 saturated carbocycles. The van der Waals surface area contributed by atoms with Gasteiger partial charge in [0.05, 0.1) is 6.07 Å². The van der Waals surface area contributed by atoms with Crippen LogP contribution in [0.25, 0.3) is 10.8 Å². The first-order valence-electron chi connectivity index (χ1n) is 7.95. The van der Waals surface area contributed by atoms with Crippen molar-refractivity contribution in [1.82, 2.24) is 4.98 Å². The zero-order valence-electron chi connectivity index (χ0n) is 12.7. The fraction of sp³-hybridized carbons (Fsp3) is 0.389. The molecule has 1 unspecified atom stereocenters. The Morgan fingerprint density at radius 2 is 2.00 bits per heavy atom. The number of nitrogens with one attached hydrogen (secondary N) is 2. The standard InChI is InChI=1S/C18H17N3O2/c19-11-18(10-17(18)7-1-2-8-17)16(23)21-14-5-3-4-13-12(14)6-9-20-15(13)22/h3-6,9H,1-2,7-8,10H2,(H,20,22)(H,21,23). The molecule has 1 heterocycles. The molecule has 1 aromatic heterocycles. The van der Waals surface area contributed by atoms with Gasteiger partial charge in [-0.25, -0.2) is 0 Å². The number of benzene rings is 1. The quantitative estimate of drug-likeness (QED) is 0.894. The van der Waals surface area contributed by atoms with Gasteiger partial charge in [-0.2, -0.15) is 5.26 Å². The lowest BCUT2D eigenvalue weighted by Gasteiger charge is -2.16. The Hall–Kier alpha value is -2.61. The van der Waals surface area contributed by atoms with Crippen molar-refractivity contribution in [2.24, 2.45) is 10.8 Å². The van der Waals surface area contributed by atoms with Gasteiger partial charge in [-0.1, -0.05) is 18.9 Å². The molecule has 23 heavy (non-hydrogen) atoms. The van der Waals surface area contributed by atoms with Crippen LogP contribution in [0.1, 0.15) is 32.1 Å². The first-order chi connectivity index (χ1) is 11.1. The van der Waals surface area contributed by atoms with Crippen molar-refractivity contribution in [3.8, 4) is 6.07 Å². The predicted octanol–water partition coefficient (Wildman–Crippen LogP) is 2.94. The van der Waals surface area contributed by atoms with Gasteiger partial charge in [-0.3, -0.25) is 9.59 Å². The number of nitriles is 1. The normalized spacial score (nSPS) is 24.5. The summed E-state index contributed by atoms with van der Waals surface area (Å²) in [6, 6.07) is 9.29. The van der Waals surface area contributed by atoms with E-state index in [1.165, 1.54) is 0 Å². The van der Waals surface area contributed by atoms with Crippen LogP contribution in [0.15, 0.2) is 35.3 Å². The lowest BCUT2D eigenvalue weighted by Crippen LogP contribution is -2.28. The molecule has 0 aliphatic heterocycles. The van der Waals surface area contributed by atoms with Gasteiger partial charge >= 0.3 is 0 Å². The Balaban J connectivity index is 1.69. The third kappa shape index (κ3) is 1.84. The van der Waals surface area contributed by atoms with Crippen molar-refractivity contribution in [3.05, 3.63) is 40.8 Å². The van der Waals surface area contributed by atoms with Gasteiger partial charge in [0.25, 0.3) is 5.56 Å². The van der Waals surface area contributed by atoms with Crippen LogP contribution in [0.4, 0.5) is 5.69 Å². The summed E-state index contributed by atoms with van der Waals surface area (Å²) in [5, 5.41) is 13.7. The highest BCUT2D eigenvalue weighted by Crippen LogP contribution is 2.71. The number of carbonyl (C=O) groups is 1. The number of anilines is 1. The minimum Gasteiger partial charge on any atom is -0.329 e. The van der Waals surface area contributed by atoms with Gasteiger partial charge in [-0.05, 0) is 37.5 Å². The second-order valence-electron chi connectivity index (χ2n) is 6.71. The van der Waals surface area contributed by atoms with Crippen LogP contribution in [0.3, 0.4) is 0 Å². The number of rotatable bonds is 2. The average Bonchev–Trinajstić information content (AvgIpc) is 2.94. The van der Waals surface area contributed by atoms with E-state index < -0.39 is 5.41 Å². The van der Waals surface area contributed by atoms with E-state index in [0.29, 0.717) is 22.9 Å². The lowest BCUT2D eigenvalue weighted by molar-refractivity contribution is -0.120. The van der Waals surface area contributed by atoms with E-state index in [0.717, 1.165) is 25.7 Å². The summed E-state index contributed by atoms with van der Waals surface area (Å²) >= 11 is 0. The van der Waals surface area contributed by atoms with Crippen molar-refractivity contribution < 1.29 is 4.79 Å². The number of aromatic amines is 1. The fourth-order valence-corrected chi connectivity index (χ4v) is 4.21. The summed E-state index contributed by atoms with van der Waals surface area (Å²) in [5.74, 6) is -0.227. The molecule has 2 aliphatic rings. The van der Waals surface area contributed by atoms with Crippen molar-refractivity contribution in [3.63, 3.8) is 0 Å². The minimum absolute atomic E-state index is 0.117. The number of nitrogens with zero attached hydrogens (tertiary/aromatic N) is 1. The van der Waals surface area contributed by atoms with E-state index >= 15 is 0 Å². The molecule has 4 rings (SSSR count). The Morgan fingerprint density at radius 1 is 1.22 bits per heavy atom. The molecule has 2 N–H and O–H groups in total. The molecule has 5 heteroatoms. The van der Waals surface area contributed by atoms with Gasteiger partial charge < -0.3 is 10.3 Å². The van der Waals surface area contributed by atoms with Crippen LogP contribution in [-0.4, -0.2) is 10.9 Å². The van der Waals surface area contributed by atoms with Crippen LogP contribution >= 0.6 is 0 Å². The summed E-state index contributed by atoms with van der Waals surface area (Å²) in [5.41, 5.74) is -0.610. The molecule has 1 aromatic carbocycles. The number of aromatic nitrogens is 1. The molecule has 2 fully saturated rings. The monoisotopic (exact) mass is 307 g/mol. The van der Waals surface area contributed by atoms with E-state index in [9.17, 15) is 14.9 Å². The van der Waals surface area contributed by atoms with Crippen LogP contribution < -0.4 is 10.9 Å². The van der Waals surface area contributed by atoms with Crippen LogP contribution in [0.2, 0.25) is 0 Å². The van der Waals surface area contributed by atoms with E-state index in [2.05, 4.69) is 16.4 Å². The van der Waals surface area contributed by atoms with Crippen LogP contribution in [0.5, 0.6) is 0 Å². The molecule has 116 valence electrons. The highest BCUT2D eigenvalue weighted by molar-refractivity contribution is 6.06. The topological polar surface area (TPSA) is 85.8 Å². The maximum atomic E-state index is 12.8. The summed E-state index contributed by atoms with van der Waals surface area (Å²) in [6.45, 7) is 0. The molecule has 2 aromatic rings. The lowest BCUT2D eigenvalue weighted by atomic mass is 9.91. The number of fused-ring (bicyclic) bond motifs is 1. The predicted molar refractivity (Wildman–Crippen MR) is 86.8 cm³/mol. The maximum Gasteiger partial charge on any atom is 0.255 e. The number of hydrogen-bond acceptors (Lipinski definition) is 3. The Kier molecular flexibility index (Phi) is 2.86. The summed E-state index contributed by atoms with van der Waals surface area (Å²) < 4.78 is 0. The number of carbonyl (C=O) groups excluding carboxylic acids is 1. The Bertz CT molecular complexity index is 902. The van der Waals surface area contributed by atoms with Crippen molar-refractivity contribution >= 4 is 22.4 Å². The molecule has 0 bridgehead atoms. The van der Waals surface area contributed by atoms with Gasteiger partial charge in [0.2, 0.25) is 5.91 Å². The summed E-state index contributed by atoms with van der Waals surface area (Å²) in [4.78, 5) is 27.3. The van der Waals surface area contributed by atoms with Gasteiger partial charge in [0.15, 0.2) is 0 Å². The zero-order chi connectivity index (χ0) is 16.1. The second-order valence-corrected chi connectivity index (χ2v) is 6.71. The maximum absolute atomic E-state index is 12.8. The van der Waals surface area contributed by atoms with Gasteiger partial charge in [0.1, 0.15) is 5.41 Å². The average molecular weight is 307 g/mol. The van der Waals surface area contributed by atoms with Crippen LogP contribution in [-0.2, 0) is 4.79 Å². The fourth-order valence-electron chi connectivity index (χ4n) is 4.21. The summed E-state index contributed by atoms with van der Waals surface area (Å²) in [6.07, 6.45) is 6.34. The molecule has 1 atom stereocenters. The van der Waals surface area contributed by atoms with Crippen LogP contribution in [0, 0.1) is 22.2 Å². The Labute approximate surface area is 133 Å². The summed E-state index contributed by atoms with van der Waals surface area (Å²) in [7, 11) is 0. The highest BCUT2D eigenvalue weighted by atomic mass is 16.2. The van der Waals surface area contributed by atoms with E-state index in [-0.39, 0.29) is 16.9 Å².